The second-order valence-corrected chi connectivity index (χ2v) is 18.5. The summed E-state index contributed by atoms with van der Waals surface area (Å²) in [4.78, 5) is 41.7. The minimum absolute atomic E-state index is 0.115. The molecule has 49 heavy (non-hydrogen) atoms. The fourth-order valence-corrected chi connectivity index (χ4v) is 12.9. The van der Waals surface area contributed by atoms with E-state index in [-0.39, 0.29) is 52.5 Å². The lowest BCUT2D eigenvalue weighted by molar-refractivity contribution is -0.262. The van der Waals surface area contributed by atoms with Gasteiger partial charge in [0.15, 0.2) is 0 Å². The van der Waals surface area contributed by atoms with E-state index in [0.29, 0.717) is 38.0 Å². The topological polar surface area (TPSA) is 114 Å². The van der Waals surface area contributed by atoms with Gasteiger partial charge in [-0.25, -0.2) is 0 Å². The second kappa shape index (κ2) is 12.9. The van der Waals surface area contributed by atoms with E-state index in [2.05, 4.69) is 71.8 Å². The van der Waals surface area contributed by atoms with Crippen LogP contribution in [0.25, 0.3) is 0 Å². The molecule has 3 saturated carbocycles. The highest BCUT2D eigenvalue weighted by Crippen LogP contribution is 2.75. The first-order chi connectivity index (χ1) is 22.9. The number of likely N-dealkylation sites (N-methyl/N-ethyl adjacent to an activating group) is 1. The van der Waals surface area contributed by atoms with E-state index in [1.807, 2.05) is 0 Å². The lowest BCUT2D eigenvalue weighted by Gasteiger charge is -2.71. The van der Waals surface area contributed by atoms with Crippen LogP contribution < -0.4 is 5.32 Å². The van der Waals surface area contributed by atoms with Gasteiger partial charge in [-0.05, 0) is 105 Å². The highest BCUT2D eigenvalue weighted by Gasteiger charge is 2.72. The molecule has 0 aromatic rings. The molecule has 2 heterocycles. The predicted molar refractivity (Wildman–Crippen MR) is 188 cm³/mol. The number of hydrogen-bond donors (Lipinski definition) is 2. The largest absolute Gasteiger partial charge is 0.481 e. The van der Waals surface area contributed by atoms with E-state index in [4.69, 9.17) is 14.2 Å². The first kappa shape index (κ1) is 36.8. The molecule has 2 aliphatic heterocycles. The number of nitrogens with zero attached hydrogens (tertiary/aromatic N) is 1. The quantitative estimate of drug-likeness (QED) is 0.220. The predicted octanol–water partition coefficient (Wildman–Crippen LogP) is 6.10. The number of carbonyl (C=O) groups is 3. The summed E-state index contributed by atoms with van der Waals surface area (Å²) in [6.45, 7) is 20.1. The van der Waals surface area contributed by atoms with Crippen LogP contribution in [0.4, 0.5) is 0 Å². The number of likely N-dealkylation sites (tertiary alicyclic amines) is 1. The summed E-state index contributed by atoms with van der Waals surface area (Å²) in [6, 6.07) is 0.422. The van der Waals surface area contributed by atoms with Crippen LogP contribution in [0.15, 0.2) is 11.6 Å². The summed E-state index contributed by atoms with van der Waals surface area (Å²) in [5.41, 5.74) is -0.432. The average Bonchev–Trinajstić information content (AvgIpc) is 3.43. The molecule has 2 bridgehead atoms. The average molecular weight is 685 g/mol. The van der Waals surface area contributed by atoms with Crippen molar-refractivity contribution in [2.45, 2.75) is 125 Å². The molecule has 1 unspecified atom stereocenters. The van der Waals surface area contributed by atoms with Crippen molar-refractivity contribution in [2.75, 3.05) is 39.9 Å². The number of carbonyl (C=O) groups excluding carboxylic acids is 2. The summed E-state index contributed by atoms with van der Waals surface area (Å²) in [7, 11) is 2.12. The van der Waals surface area contributed by atoms with Crippen molar-refractivity contribution >= 4 is 17.9 Å². The molecule has 276 valence electrons. The summed E-state index contributed by atoms with van der Waals surface area (Å²) in [6.07, 6.45) is 8.55. The normalized spacial score (nSPS) is 45.4. The summed E-state index contributed by atoms with van der Waals surface area (Å²) in [5, 5.41) is 14.3. The van der Waals surface area contributed by atoms with Gasteiger partial charge in [0.05, 0.1) is 25.7 Å². The third kappa shape index (κ3) is 5.62. The van der Waals surface area contributed by atoms with Gasteiger partial charge in [0, 0.05) is 30.3 Å². The number of hydrogen-bond acceptors (Lipinski definition) is 8. The maximum absolute atomic E-state index is 13.4. The van der Waals surface area contributed by atoms with Gasteiger partial charge >= 0.3 is 17.9 Å². The van der Waals surface area contributed by atoms with E-state index in [1.165, 1.54) is 18.9 Å². The zero-order valence-electron chi connectivity index (χ0n) is 31.7. The van der Waals surface area contributed by atoms with Crippen LogP contribution in [0.3, 0.4) is 0 Å². The van der Waals surface area contributed by atoms with Crippen LogP contribution in [0.5, 0.6) is 0 Å². The zero-order valence-corrected chi connectivity index (χ0v) is 31.7. The smallest absolute Gasteiger partial charge is 0.320 e. The Kier molecular flexibility index (Phi) is 9.70. The van der Waals surface area contributed by atoms with Crippen molar-refractivity contribution in [3.63, 3.8) is 0 Å². The molecule has 5 fully saturated rings. The number of carboxylic acids is 1. The fourth-order valence-electron chi connectivity index (χ4n) is 12.9. The molecule has 0 aromatic heterocycles. The minimum atomic E-state index is -0.664. The van der Waals surface area contributed by atoms with Gasteiger partial charge in [-0.3, -0.25) is 14.4 Å². The van der Waals surface area contributed by atoms with Gasteiger partial charge in [-0.15, -0.1) is 0 Å². The minimum Gasteiger partial charge on any atom is -0.481 e. The molecule has 2 saturated heterocycles. The van der Waals surface area contributed by atoms with E-state index in [9.17, 15) is 19.5 Å². The van der Waals surface area contributed by atoms with Gasteiger partial charge in [-0.1, -0.05) is 60.1 Å². The van der Waals surface area contributed by atoms with Crippen molar-refractivity contribution in [3.05, 3.63) is 11.6 Å². The summed E-state index contributed by atoms with van der Waals surface area (Å²) < 4.78 is 19.0. The standard InChI is InChI=1S/C40H64N2O7/c1-24(2)25(3)36(5)16-17-38(7)28-12-13-31-37(6)22-47-23-40(31,29(28)14-15-39(38,8)33(36)35(45)46)19-30(48-26(4)43)34(37)49-32(44)21-41-20-27-11-10-18-42(27)9/h14,24-25,27-28,30-31,33-34,41H,10-13,15-23H2,1-9H3,(H,45,46)/t25-,27?,28+,30-,31+,33-,34+,36-,37+,38-,39+,40+/m1/s1. The zero-order chi connectivity index (χ0) is 35.7. The first-order valence-electron chi connectivity index (χ1n) is 19.2. The second-order valence-electron chi connectivity index (χ2n) is 18.5. The first-order valence-corrected chi connectivity index (χ1v) is 19.2. The Hall–Kier alpha value is -1.97. The lowest BCUT2D eigenvalue weighted by Crippen LogP contribution is -2.70. The Morgan fingerprint density at radius 3 is 2.41 bits per heavy atom. The highest BCUT2D eigenvalue weighted by molar-refractivity contribution is 5.73. The molecule has 0 amide bonds. The van der Waals surface area contributed by atoms with E-state index in [1.54, 1.807) is 0 Å². The van der Waals surface area contributed by atoms with Gasteiger partial charge in [-0.2, -0.15) is 0 Å². The molecular formula is C40H64N2O7. The van der Waals surface area contributed by atoms with Crippen molar-refractivity contribution in [1.29, 1.82) is 0 Å². The Bertz CT molecular complexity index is 1350. The fraction of sp³-hybridized carbons (Fsp3) is 0.875. The monoisotopic (exact) mass is 684 g/mol. The number of aliphatic carboxylic acids is 1. The number of ether oxygens (including phenoxy) is 3. The number of rotatable bonds is 9. The molecule has 0 radical (unpaired) electrons. The molecule has 6 aliphatic rings. The van der Waals surface area contributed by atoms with Gasteiger partial charge in [0.2, 0.25) is 0 Å². The van der Waals surface area contributed by atoms with Crippen LogP contribution in [-0.2, 0) is 28.6 Å². The van der Waals surface area contributed by atoms with Crippen molar-refractivity contribution in [2.24, 2.45) is 56.7 Å². The van der Waals surface area contributed by atoms with Crippen LogP contribution in [0.1, 0.15) is 107 Å². The number of fused-ring (bicyclic) bond motifs is 3. The Labute approximate surface area is 294 Å². The maximum atomic E-state index is 13.4. The van der Waals surface area contributed by atoms with E-state index < -0.39 is 34.9 Å². The van der Waals surface area contributed by atoms with Gasteiger partial charge < -0.3 is 29.5 Å². The number of allylic oxidation sites excluding steroid dienone is 1. The van der Waals surface area contributed by atoms with E-state index in [0.717, 1.165) is 45.2 Å². The van der Waals surface area contributed by atoms with Crippen LogP contribution >= 0.6 is 0 Å². The van der Waals surface area contributed by atoms with Crippen LogP contribution in [0.2, 0.25) is 0 Å². The maximum Gasteiger partial charge on any atom is 0.320 e. The summed E-state index contributed by atoms with van der Waals surface area (Å²) in [5.74, 6) is -0.728. The Balaban J connectivity index is 1.31. The molecule has 0 aromatic carbocycles. The molecular weight excluding hydrogens is 620 g/mol. The van der Waals surface area contributed by atoms with Gasteiger partial charge in [0.25, 0.3) is 0 Å². The lowest BCUT2D eigenvalue weighted by atomic mass is 9.34. The SMILES string of the molecule is CC(=O)O[C@@H]1C[C@@]23COC[C@@](C)([C@@H]2CC[C@H]2C3=CC[C@@]3(C)[C@H](C(=O)O)[C@@](C)([C@H](C)C(C)C)CC[C@]23C)[C@H]1OC(=O)CNCC1CCCN1C. The Morgan fingerprint density at radius 2 is 1.78 bits per heavy atom. The third-order valence-corrected chi connectivity index (χ3v) is 16.0. The molecule has 9 heteroatoms. The van der Waals surface area contributed by atoms with Crippen LogP contribution in [0, 0.1) is 56.7 Å². The molecule has 4 aliphatic carbocycles. The molecule has 6 rings (SSSR count). The van der Waals surface area contributed by atoms with Crippen molar-refractivity contribution < 1.29 is 33.7 Å². The number of carboxylic acid groups (broad SMARTS) is 1. The van der Waals surface area contributed by atoms with Crippen molar-refractivity contribution in [1.82, 2.24) is 10.2 Å². The van der Waals surface area contributed by atoms with Crippen LogP contribution in [-0.4, -0.2) is 86.1 Å². The number of esters is 2. The molecule has 12 atom stereocenters. The molecule has 9 nitrogen and oxygen atoms in total. The molecule has 0 spiro atoms. The number of nitrogens with one attached hydrogen (secondary N) is 1. The molecule has 2 N–H and O–H groups in total. The van der Waals surface area contributed by atoms with Crippen molar-refractivity contribution in [3.8, 4) is 0 Å². The highest BCUT2D eigenvalue weighted by atomic mass is 16.6. The Morgan fingerprint density at radius 1 is 1.04 bits per heavy atom. The third-order valence-electron chi connectivity index (χ3n) is 16.0. The van der Waals surface area contributed by atoms with Gasteiger partial charge in [0.1, 0.15) is 12.2 Å². The van der Waals surface area contributed by atoms with E-state index >= 15 is 0 Å². The summed E-state index contributed by atoms with van der Waals surface area (Å²) >= 11 is 0.